The summed E-state index contributed by atoms with van der Waals surface area (Å²) in [6.45, 7) is 0. The lowest BCUT2D eigenvalue weighted by Gasteiger charge is -2.12. The number of ether oxygens (including phenoxy) is 2. The van der Waals surface area contributed by atoms with E-state index in [0.717, 1.165) is 0 Å². The van der Waals surface area contributed by atoms with Gasteiger partial charge in [0.2, 0.25) is 0 Å². The zero-order valence-electron chi connectivity index (χ0n) is 17.0. The Morgan fingerprint density at radius 2 is 1.58 bits per heavy atom. The van der Waals surface area contributed by atoms with Crippen LogP contribution in [0, 0.1) is 0 Å². The Bertz CT molecular complexity index is 1140. The number of methoxy groups -OCH3 is 2. The van der Waals surface area contributed by atoms with E-state index in [2.05, 4.69) is 5.32 Å². The Balaban J connectivity index is 2.03. The van der Waals surface area contributed by atoms with E-state index in [1.165, 1.54) is 32.4 Å². The van der Waals surface area contributed by atoms with Gasteiger partial charge in [0.25, 0.3) is 5.91 Å². The molecule has 0 bridgehead atoms. The molecule has 1 amide bonds. The number of hydrogen-bond donors (Lipinski definition) is 3. The van der Waals surface area contributed by atoms with Crippen molar-refractivity contribution < 1.29 is 29.3 Å². The molecule has 158 valence electrons. The third kappa shape index (κ3) is 5.02. The van der Waals surface area contributed by atoms with Gasteiger partial charge in [-0.3, -0.25) is 4.79 Å². The summed E-state index contributed by atoms with van der Waals surface area (Å²) in [4.78, 5) is 24.4. The number of nitrogens with one attached hydrogen (secondary N) is 1. The van der Waals surface area contributed by atoms with Crippen LogP contribution in [-0.2, 0) is 4.79 Å². The summed E-state index contributed by atoms with van der Waals surface area (Å²) in [6.07, 6.45) is 1.67. The second-order valence-electron chi connectivity index (χ2n) is 6.53. The van der Waals surface area contributed by atoms with Gasteiger partial charge in [-0.15, -0.1) is 0 Å². The summed E-state index contributed by atoms with van der Waals surface area (Å²) in [5, 5.41) is 21.9. The Morgan fingerprint density at radius 3 is 2.23 bits per heavy atom. The third-order valence-corrected chi connectivity index (χ3v) is 4.54. The highest BCUT2D eigenvalue weighted by atomic mass is 16.5. The molecule has 7 heteroatoms. The number of aromatic carboxylic acids is 1. The maximum Gasteiger partial charge on any atom is 0.335 e. The molecule has 0 heterocycles. The summed E-state index contributed by atoms with van der Waals surface area (Å²) in [5.74, 6) is -0.855. The molecule has 0 aliphatic rings. The predicted molar refractivity (Wildman–Crippen MR) is 118 cm³/mol. The number of aromatic hydroxyl groups is 1. The number of phenolic OH excluding ortho intramolecular Hbond substituents is 1. The lowest BCUT2D eigenvalue weighted by atomic mass is 10.0. The van der Waals surface area contributed by atoms with Crippen molar-refractivity contribution in [1.29, 1.82) is 0 Å². The zero-order valence-corrected chi connectivity index (χ0v) is 17.0. The first kappa shape index (κ1) is 21.4. The van der Waals surface area contributed by atoms with E-state index in [-0.39, 0.29) is 17.0 Å². The second-order valence-corrected chi connectivity index (χ2v) is 6.53. The minimum atomic E-state index is -1.17. The van der Waals surface area contributed by atoms with Crippen LogP contribution in [0.4, 0.5) is 5.69 Å². The van der Waals surface area contributed by atoms with E-state index in [1.807, 2.05) is 6.07 Å². The molecule has 3 N–H and O–H groups in total. The summed E-state index contributed by atoms with van der Waals surface area (Å²) < 4.78 is 10.6. The molecule has 7 nitrogen and oxygen atoms in total. The van der Waals surface area contributed by atoms with Crippen LogP contribution in [0.3, 0.4) is 0 Å². The molecule has 0 fully saturated rings. The monoisotopic (exact) mass is 419 g/mol. The number of benzene rings is 3. The second kappa shape index (κ2) is 9.49. The van der Waals surface area contributed by atoms with Crippen molar-refractivity contribution in [1.82, 2.24) is 0 Å². The highest BCUT2D eigenvalue weighted by Gasteiger charge is 2.16. The number of phenols is 1. The number of hydrogen-bond acceptors (Lipinski definition) is 5. The molecule has 3 aromatic rings. The van der Waals surface area contributed by atoms with Crippen LogP contribution in [-0.4, -0.2) is 36.3 Å². The van der Waals surface area contributed by atoms with Gasteiger partial charge in [-0.1, -0.05) is 36.4 Å². The van der Waals surface area contributed by atoms with E-state index >= 15 is 0 Å². The molecular weight excluding hydrogens is 398 g/mol. The highest BCUT2D eigenvalue weighted by Crippen LogP contribution is 2.31. The van der Waals surface area contributed by atoms with Gasteiger partial charge in [-0.2, -0.15) is 0 Å². The number of carboxylic acid groups (broad SMARTS) is 1. The van der Waals surface area contributed by atoms with Crippen molar-refractivity contribution in [3.8, 4) is 17.2 Å². The summed E-state index contributed by atoms with van der Waals surface area (Å²) in [6, 6.07) is 17.9. The van der Waals surface area contributed by atoms with Gasteiger partial charge in [0, 0.05) is 5.57 Å². The van der Waals surface area contributed by atoms with Crippen LogP contribution in [0.5, 0.6) is 17.2 Å². The molecule has 0 spiro atoms. The zero-order chi connectivity index (χ0) is 22.4. The SMILES string of the molecule is COc1ccc(/C=C(/C(=O)Nc2cc(C(=O)O)ccc2O)c2ccccc2)cc1OC. The van der Waals surface area contributed by atoms with Crippen LogP contribution in [0.25, 0.3) is 11.6 Å². The van der Waals surface area contributed by atoms with E-state index in [1.54, 1.807) is 48.5 Å². The molecule has 0 atom stereocenters. The number of rotatable bonds is 7. The molecule has 3 rings (SSSR count). The summed E-state index contributed by atoms with van der Waals surface area (Å²) in [7, 11) is 3.06. The van der Waals surface area contributed by atoms with Crippen molar-refractivity contribution >= 4 is 29.2 Å². The molecule has 3 aromatic carbocycles. The molecule has 0 unspecified atom stereocenters. The average molecular weight is 419 g/mol. The van der Waals surface area contributed by atoms with E-state index in [9.17, 15) is 19.8 Å². The predicted octanol–water partition coefficient (Wildman–Crippen LogP) is 4.29. The number of amides is 1. The maximum atomic E-state index is 13.1. The minimum absolute atomic E-state index is 0.000886. The fourth-order valence-corrected chi connectivity index (χ4v) is 2.97. The summed E-state index contributed by atoms with van der Waals surface area (Å²) in [5.41, 5.74) is 1.59. The Kier molecular flexibility index (Phi) is 6.57. The molecule has 0 aliphatic carbocycles. The van der Waals surface area contributed by atoms with Crippen molar-refractivity contribution in [2.24, 2.45) is 0 Å². The fourth-order valence-electron chi connectivity index (χ4n) is 2.97. The van der Waals surface area contributed by atoms with Gasteiger partial charge in [0.05, 0.1) is 25.5 Å². The molecule has 31 heavy (non-hydrogen) atoms. The Morgan fingerprint density at radius 1 is 0.871 bits per heavy atom. The maximum absolute atomic E-state index is 13.1. The number of anilines is 1. The number of carboxylic acids is 1. The Hall–Kier alpha value is -4.26. The topological polar surface area (TPSA) is 105 Å². The van der Waals surface area contributed by atoms with E-state index in [0.29, 0.717) is 28.2 Å². The van der Waals surface area contributed by atoms with Crippen molar-refractivity contribution in [3.63, 3.8) is 0 Å². The lowest BCUT2D eigenvalue weighted by Crippen LogP contribution is -2.14. The molecule has 0 saturated heterocycles. The van der Waals surface area contributed by atoms with Crippen molar-refractivity contribution in [3.05, 3.63) is 83.4 Å². The van der Waals surface area contributed by atoms with Gasteiger partial charge < -0.3 is 25.0 Å². The number of carbonyl (C=O) groups excluding carboxylic acids is 1. The van der Waals surface area contributed by atoms with E-state index < -0.39 is 11.9 Å². The van der Waals surface area contributed by atoms with Crippen molar-refractivity contribution in [2.45, 2.75) is 0 Å². The first-order valence-electron chi connectivity index (χ1n) is 9.29. The van der Waals surface area contributed by atoms with Crippen LogP contribution in [0.2, 0.25) is 0 Å². The van der Waals surface area contributed by atoms with Gasteiger partial charge >= 0.3 is 5.97 Å². The van der Waals surface area contributed by atoms with Crippen LogP contribution >= 0.6 is 0 Å². The first-order valence-corrected chi connectivity index (χ1v) is 9.29. The van der Waals surface area contributed by atoms with Gasteiger partial charge in [0.15, 0.2) is 11.5 Å². The number of carbonyl (C=O) groups is 2. The lowest BCUT2D eigenvalue weighted by molar-refractivity contribution is -0.111. The molecule has 0 aromatic heterocycles. The molecule has 0 radical (unpaired) electrons. The normalized spacial score (nSPS) is 11.0. The Labute approximate surface area is 179 Å². The quantitative estimate of drug-likeness (QED) is 0.300. The van der Waals surface area contributed by atoms with Crippen molar-refractivity contribution in [2.75, 3.05) is 19.5 Å². The smallest absolute Gasteiger partial charge is 0.335 e. The minimum Gasteiger partial charge on any atom is -0.506 e. The third-order valence-electron chi connectivity index (χ3n) is 4.54. The average Bonchev–Trinajstić information content (AvgIpc) is 2.79. The fraction of sp³-hybridized carbons (Fsp3) is 0.0833. The van der Waals surface area contributed by atoms with Gasteiger partial charge in [0.1, 0.15) is 5.75 Å². The standard InChI is InChI=1S/C24H21NO6/c1-30-21-11-8-15(13-22(21)31-2)12-18(16-6-4-3-5-7-16)23(27)25-19-14-17(24(28)29)9-10-20(19)26/h3-14,26H,1-2H3,(H,25,27)(H,28,29)/b18-12+. The first-order chi connectivity index (χ1) is 14.9. The largest absolute Gasteiger partial charge is 0.506 e. The molecule has 0 saturated carbocycles. The van der Waals surface area contributed by atoms with Gasteiger partial charge in [-0.05, 0) is 47.5 Å². The van der Waals surface area contributed by atoms with Crippen LogP contribution in [0.15, 0.2) is 66.7 Å². The van der Waals surface area contributed by atoms with Crippen LogP contribution < -0.4 is 14.8 Å². The highest BCUT2D eigenvalue weighted by molar-refractivity contribution is 6.29. The van der Waals surface area contributed by atoms with E-state index in [4.69, 9.17) is 9.47 Å². The van der Waals surface area contributed by atoms with Crippen LogP contribution in [0.1, 0.15) is 21.5 Å². The molecular formula is C24H21NO6. The summed E-state index contributed by atoms with van der Waals surface area (Å²) >= 11 is 0. The van der Waals surface area contributed by atoms with Gasteiger partial charge in [-0.25, -0.2) is 4.79 Å². The molecule has 0 aliphatic heterocycles.